The van der Waals surface area contributed by atoms with Crippen LogP contribution in [0, 0.1) is 5.82 Å². The average Bonchev–Trinajstić information content (AvgIpc) is 3.24. The highest BCUT2D eigenvalue weighted by Gasteiger charge is 2.24. The molecule has 12 nitrogen and oxygen atoms in total. The van der Waals surface area contributed by atoms with E-state index in [1.165, 1.54) is 42.6 Å². The highest BCUT2D eigenvalue weighted by molar-refractivity contribution is 5.89. The van der Waals surface area contributed by atoms with E-state index in [9.17, 15) is 9.18 Å². The third-order valence-corrected chi connectivity index (χ3v) is 5.99. The zero-order valence-corrected chi connectivity index (χ0v) is 19.1. The molecule has 1 N–H and O–H groups in total. The van der Waals surface area contributed by atoms with E-state index in [2.05, 4.69) is 48.3 Å². The molecule has 1 saturated carbocycles. The SMILES string of the molecule is COc1ccc(-n2cnnn2)c(CNC(=O)c2nnc(Cc3cn4cc(C5CC5)ccc4n3)o2)c1F. The second-order valence-corrected chi connectivity index (χ2v) is 8.43. The molecule has 0 unspecified atom stereocenters. The lowest BCUT2D eigenvalue weighted by Gasteiger charge is -2.13. The predicted molar refractivity (Wildman–Crippen MR) is 121 cm³/mol. The number of amides is 1. The number of aromatic nitrogens is 8. The van der Waals surface area contributed by atoms with Gasteiger partial charge in [0.2, 0.25) is 5.89 Å². The van der Waals surface area contributed by atoms with Crippen molar-refractivity contribution in [1.82, 2.24) is 45.1 Å². The van der Waals surface area contributed by atoms with Crippen molar-refractivity contribution in [3.05, 3.63) is 77.4 Å². The van der Waals surface area contributed by atoms with Gasteiger partial charge in [-0.2, -0.15) is 0 Å². The number of hydrogen-bond donors (Lipinski definition) is 1. The zero-order valence-electron chi connectivity index (χ0n) is 19.1. The Bertz CT molecular complexity index is 1560. The minimum absolute atomic E-state index is 0.0212. The standard InChI is InChI=1S/C23H20FN9O3/c1-35-18-6-5-17(33-12-26-30-31-33)16(21(18)24)9-25-22(34)23-29-28-20(36-23)8-15-11-32-10-14(13-2-3-13)4-7-19(32)27-15/h4-7,10-13H,2-3,8-9H2,1H3,(H,25,34). The molecule has 0 atom stereocenters. The quantitative estimate of drug-likeness (QED) is 0.348. The van der Waals surface area contributed by atoms with Crippen molar-refractivity contribution < 1.29 is 18.3 Å². The van der Waals surface area contributed by atoms with Crippen LogP contribution in [0.2, 0.25) is 0 Å². The maximum atomic E-state index is 15.0. The average molecular weight is 489 g/mol. The first-order valence-corrected chi connectivity index (χ1v) is 11.3. The Morgan fingerprint density at radius 3 is 2.89 bits per heavy atom. The van der Waals surface area contributed by atoms with Crippen molar-refractivity contribution in [2.24, 2.45) is 0 Å². The molecule has 182 valence electrons. The van der Waals surface area contributed by atoms with Crippen LogP contribution in [0.3, 0.4) is 0 Å². The predicted octanol–water partition coefficient (Wildman–Crippen LogP) is 2.24. The fourth-order valence-corrected chi connectivity index (χ4v) is 4.02. The van der Waals surface area contributed by atoms with E-state index < -0.39 is 11.7 Å². The number of carbonyl (C=O) groups excluding carboxylic acids is 1. The van der Waals surface area contributed by atoms with Gasteiger partial charge < -0.3 is 18.9 Å². The molecule has 1 aliphatic rings. The van der Waals surface area contributed by atoms with E-state index >= 15 is 0 Å². The summed E-state index contributed by atoms with van der Waals surface area (Å²) < 4.78 is 28.8. The van der Waals surface area contributed by atoms with Crippen LogP contribution in [-0.2, 0) is 13.0 Å². The fourth-order valence-electron chi connectivity index (χ4n) is 4.02. The Morgan fingerprint density at radius 1 is 1.22 bits per heavy atom. The first kappa shape index (κ1) is 21.8. The third kappa shape index (κ3) is 4.15. The van der Waals surface area contributed by atoms with Crippen molar-refractivity contribution in [3.63, 3.8) is 0 Å². The minimum Gasteiger partial charge on any atom is -0.494 e. The summed E-state index contributed by atoms with van der Waals surface area (Å²) in [5.74, 6) is -0.624. The lowest BCUT2D eigenvalue weighted by Crippen LogP contribution is -2.24. The van der Waals surface area contributed by atoms with E-state index in [1.54, 1.807) is 6.07 Å². The Labute approximate surface area is 203 Å². The van der Waals surface area contributed by atoms with E-state index in [1.807, 2.05) is 16.7 Å². The summed E-state index contributed by atoms with van der Waals surface area (Å²) in [7, 11) is 1.35. The van der Waals surface area contributed by atoms with Crippen molar-refractivity contribution >= 4 is 11.6 Å². The Kier molecular flexibility index (Phi) is 5.36. The molecule has 0 aliphatic heterocycles. The highest BCUT2D eigenvalue weighted by atomic mass is 19.1. The molecule has 0 spiro atoms. The highest BCUT2D eigenvalue weighted by Crippen LogP contribution is 2.39. The van der Waals surface area contributed by atoms with Crippen molar-refractivity contribution in [2.45, 2.75) is 31.7 Å². The first-order chi connectivity index (χ1) is 17.6. The largest absolute Gasteiger partial charge is 0.494 e. The lowest BCUT2D eigenvalue weighted by atomic mass is 10.1. The number of benzene rings is 1. The van der Waals surface area contributed by atoms with E-state index in [0.29, 0.717) is 11.6 Å². The normalized spacial score (nSPS) is 13.3. The van der Waals surface area contributed by atoms with Crippen molar-refractivity contribution in [1.29, 1.82) is 0 Å². The van der Waals surface area contributed by atoms with Gasteiger partial charge in [0.25, 0.3) is 0 Å². The molecule has 0 saturated heterocycles. The summed E-state index contributed by atoms with van der Waals surface area (Å²) in [4.78, 5) is 17.2. The molecule has 4 heterocycles. The summed E-state index contributed by atoms with van der Waals surface area (Å²) >= 11 is 0. The van der Waals surface area contributed by atoms with Crippen LogP contribution in [0.4, 0.5) is 4.39 Å². The van der Waals surface area contributed by atoms with Gasteiger partial charge in [-0.15, -0.1) is 15.3 Å². The number of pyridine rings is 1. The molecule has 0 radical (unpaired) electrons. The molecule has 4 aromatic heterocycles. The van der Waals surface area contributed by atoms with Crippen LogP contribution in [0.25, 0.3) is 11.3 Å². The number of carbonyl (C=O) groups is 1. The summed E-state index contributed by atoms with van der Waals surface area (Å²) in [6.45, 7) is -0.190. The number of halogens is 1. The Hall–Kier alpha value is -4.68. The second kappa shape index (κ2) is 8.83. The molecule has 1 fully saturated rings. The van der Waals surface area contributed by atoms with Gasteiger partial charge in [0.1, 0.15) is 12.0 Å². The van der Waals surface area contributed by atoms with Gasteiger partial charge in [-0.25, -0.2) is 14.1 Å². The number of methoxy groups -OCH3 is 1. The summed E-state index contributed by atoms with van der Waals surface area (Å²) in [5.41, 5.74) is 3.35. The summed E-state index contributed by atoms with van der Waals surface area (Å²) in [5, 5.41) is 21.3. The van der Waals surface area contributed by atoms with Gasteiger partial charge in [-0.3, -0.25) is 4.79 Å². The van der Waals surface area contributed by atoms with Gasteiger partial charge in [-0.1, -0.05) is 6.07 Å². The molecular formula is C23H20FN9O3. The molecular weight excluding hydrogens is 469 g/mol. The summed E-state index contributed by atoms with van der Waals surface area (Å²) in [6.07, 6.45) is 8.05. The first-order valence-electron chi connectivity index (χ1n) is 11.3. The summed E-state index contributed by atoms with van der Waals surface area (Å²) in [6, 6.07) is 7.14. The number of hydrogen-bond acceptors (Lipinski definition) is 9. The fraction of sp³-hybridized carbons (Fsp3) is 0.261. The number of rotatable bonds is 8. The maximum Gasteiger partial charge on any atom is 0.309 e. The van der Waals surface area contributed by atoms with Crippen LogP contribution < -0.4 is 10.1 Å². The topological polar surface area (TPSA) is 138 Å². The Morgan fingerprint density at radius 2 is 2.11 bits per heavy atom. The number of fused-ring (bicyclic) bond motifs is 1. The molecule has 1 amide bonds. The molecule has 5 aromatic rings. The van der Waals surface area contributed by atoms with Crippen molar-refractivity contribution in [3.8, 4) is 11.4 Å². The molecule has 36 heavy (non-hydrogen) atoms. The monoisotopic (exact) mass is 489 g/mol. The third-order valence-electron chi connectivity index (χ3n) is 5.99. The molecule has 1 aliphatic carbocycles. The molecule has 1 aromatic carbocycles. The van der Waals surface area contributed by atoms with E-state index in [-0.39, 0.29) is 36.1 Å². The zero-order chi connectivity index (χ0) is 24.6. The Balaban J connectivity index is 1.16. The molecule has 13 heteroatoms. The maximum absolute atomic E-state index is 15.0. The van der Waals surface area contributed by atoms with E-state index in [4.69, 9.17) is 9.15 Å². The second-order valence-electron chi connectivity index (χ2n) is 8.43. The van der Waals surface area contributed by atoms with Crippen molar-refractivity contribution in [2.75, 3.05) is 7.11 Å². The smallest absolute Gasteiger partial charge is 0.309 e. The van der Waals surface area contributed by atoms with Crippen LogP contribution in [0.5, 0.6) is 5.75 Å². The van der Waals surface area contributed by atoms with Crippen LogP contribution in [0.15, 0.2) is 47.4 Å². The number of tetrazole rings is 1. The number of ether oxygens (including phenoxy) is 1. The van der Waals surface area contributed by atoms with Crippen LogP contribution >= 0.6 is 0 Å². The lowest BCUT2D eigenvalue weighted by molar-refractivity contribution is 0.0914. The van der Waals surface area contributed by atoms with Gasteiger partial charge in [0.15, 0.2) is 11.6 Å². The minimum atomic E-state index is -0.650. The molecule has 6 rings (SSSR count). The van der Waals surface area contributed by atoms with Gasteiger partial charge in [0.05, 0.1) is 24.9 Å². The van der Waals surface area contributed by atoms with Gasteiger partial charge in [0, 0.05) is 24.5 Å². The number of nitrogens with zero attached hydrogens (tertiary/aromatic N) is 8. The van der Waals surface area contributed by atoms with Gasteiger partial charge >= 0.3 is 11.8 Å². The van der Waals surface area contributed by atoms with Crippen LogP contribution in [0.1, 0.15) is 52.2 Å². The number of nitrogens with one attached hydrogen (secondary N) is 1. The molecule has 0 bridgehead atoms. The van der Waals surface area contributed by atoms with E-state index in [0.717, 1.165) is 11.3 Å². The van der Waals surface area contributed by atoms with Crippen LogP contribution in [-0.4, -0.2) is 52.8 Å². The number of imidazole rings is 1. The van der Waals surface area contributed by atoms with Gasteiger partial charge in [-0.05, 0) is 52.9 Å².